The number of benzene rings is 2. The third kappa shape index (κ3) is 4.25. The predicted molar refractivity (Wildman–Crippen MR) is 112 cm³/mol. The highest BCUT2D eigenvalue weighted by molar-refractivity contribution is 5.84. The molecule has 0 bridgehead atoms. The molecule has 2 aliphatic heterocycles. The zero-order valence-electron chi connectivity index (χ0n) is 17.4. The van der Waals surface area contributed by atoms with Crippen LogP contribution in [0.5, 0.6) is 0 Å². The molecule has 0 atom stereocenters. The fourth-order valence-corrected chi connectivity index (χ4v) is 4.56. The van der Waals surface area contributed by atoms with Crippen molar-refractivity contribution >= 4 is 5.91 Å². The lowest BCUT2D eigenvalue weighted by atomic mass is 9.73. The number of rotatable bonds is 4. The van der Waals surface area contributed by atoms with Crippen molar-refractivity contribution in [3.8, 4) is 11.1 Å². The first-order chi connectivity index (χ1) is 14.5. The molecule has 2 aliphatic rings. The highest BCUT2D eigenvalue weighted by Gasteiger charge is 2.43. The molecule has 1 amide bonds. The number of piperazine rings is 1. The van der Waals surface area contributed by atoms with E-state index in [-0.39, 0.29) is 5.91 Å². The van der Waals surface area contributed by atoms with Gasteiger partial charge in [0.25, 0.3) is 0 Å². The van der Waals surface area contributed by atoms with E-state index in [4.69, 9.17) is 4.74 Å². The maximum Gasteiger partial charge on any atom is 0.229 e. The van der Waals surface area contributed by atoms with Crippen LogP contribution in [0.3, 0.4) is 0 Å². The van der Waals surface area contributed by atoms with Crippen molar-refractivity contribution in [1.29, 1.82) is 0 Å². The molecule has 4 rings (SSSR count). The monoisotopic (exact) mass is 414 g/mol. The van der Waals surface area contributed by atoms with Gasteiger partial charge in [0.15, 0.2) is 11.6 Å². The quantitative estimate of drug-likeness (QED) is 0.764. The van der Waals surface area contributed by atoms with Crippen molar-refractivity contribution in [2.75, 3.05) is 46.4 Å². The highest BCUT2D eigenvalue weighted by Crippen LogP contribution is 2.39. The summed E-state index contributed by atoms with van der Waals surface area (Å²) in [6, 6.07) is 11.7. The van der Waals surface area contributed by atoms with E-state index >= 15 is 0 Å². The summed E-state index contributed by atoms with van der Waals surface area (Å²) >= 11 is 0. The summed E-state index contributed by atoms with van der Waals surface area (Å²) in [7, 11) is 2.07. The average Bonchev–Trinajstić information content (AvgIpc) is 2.77. The molecule has 6 heteroatoms. The van der Waals surface area contributed by atoms with Crippen molar-refractivity contribution in [3.05, 3.63) is 59.7 Å². The van der Waals surface area contributed by atoms with Gasteiger partial charge in [0.2, 0.25) is 5.91 Å². The Morgan fingerprint density at radius 2 is 1.70 bits per heavy atom. The zero-order chi connectivity index (χ0) is 21.1. The lowest BCUT2D eigenvalue weighted by molar-refractivity contribution is -0.149. The van der Waals surface area contributed by atoms with Gasteiger partial charge < -0.3 is 14.5 Å². The number of hydrogen-bond donors (Lipinski definition) is 0. The van der Waals surface area contributed by atoms with Crippen molar-refractivity contribution in [1.82, 2.24) is 9.80 Å². The summed E-state index contributed by atoms with van der Waals surface area (Å²) < 4.78 is 32.9. The van der Waals surface area contributed by atoms with Crippen LogP contribution in [-0.2, 0) is 16.0 Å². The molecule has 0 spiro atoms. The molecular weight excluding hydrogens is 386 g/mol. The van der Waals surface area contributed by atoms with Crippen LogP contribution < -0.4 is 0 Å². The number of carbonyl (C=O) groups excluding carboxylic acids is 1. The first-order valence-corrected chi connectivity index (χ1v) is 10.6. The molecule has 0 aromatic heterocycles. The molecule has 4 nitrogen and oxygen atoms in total. The average molecular weight is 414 g/mol. The summed E-state index contributed by atoms with van der Waals surface area (Å²) in [5.74, 6) is -1.53. The molecule has 2 aromatic carbocycles. The van der Waals surface area contributed by atoms with E-state index < -0.39 is 17.0 Å². The minimum absolute atomic E-state index is 0.194. The van der Waals surface area contributed by atoms with Crippen molar-refractivity contribution in [3.63, 3.8) is 0 Å². The smallest absolute Gasteiger partial charge is 0.229 e. The number of amides is 1. The Bertz CT molecular complexity index is 904. The lowest BCUT2D eigenvalue weighted by Crippen LogP contribution is -2.54. The van der Waals surface area contributed by atoms with Gasteiger partial charge in [0.1, 0.15) is 0 Å². The number of likely N-dealkylation sites (N-methyl/N-ethyl adjacent to an activating group) is 1. The molecule has 0 saturated carbocycles. The van der Waals surface area contributed by atoms with Crippen molar-refractivity contribution < 1.29 is 18.3 Å². The van der Waals surface area contributed by atoms with E-state index in [1.165, 1.54) is 6.07 Å². The Hall–Kier alpha value is -2.31. The van der Waals surface area contributed by atoms with Crippen LogP contribution in [-0.4, -0.2) is 62.1 Å². The summed E-state index contributed by atoms with van der Waals surface area (Å²) in [6.45, 7) is 4.36. The van der Waals surface area contributed by atoms with Gasteiger partial charge in [-0.1, -0.05) is 30.3 Å². The van der Waals surface area contributed by atoms with Gasteiger partial charge in [0, 0.05) is 39.4 Å². The summed E-state index contributed by atoms with van der Waals surface area (Å²) in [6.07, 6.45) is 1.91. The second-order valence-electron chi connectivity index (χ2n) is 8.45. The van der Waals surface area contributed by atoms with E-state index in [9.17, 15) is 13.6 Å². The largest absolute Gasteiger partial charge is 0.381 e. The van der Waals surface area contributed by atoms with Gasteiger partial charge in [-0.25, -0.2) is 8.78 Å². The zero-order valence-corrected chi connectivity index (χ0v) is 17.4. The van der Waals surface area contributed by atoms with Crippen LogP contribution in [0.2, 0.25) is 0 Å². The molecular formula is C24H28F2N2O2. The molecule has 2 saturated heterocycles. The number of ether oxygens (including phenoxy) is 1. The van der Waals surface area contributed by atoms with Crippen LogP contribution in [0.1, 0.15) is 18.4 Å². The fourth-order valence-electron chi connectivity index (χ4n) is 4.56. The molecule has 2 heterocycles. The summed E-state index contributed by atoms with van der Waals surface area (Å²) in [5.41, 5.74) is 1.92. The number of hydrogen-bond acceptors (Lipinski definition) is 3. The van der Waals surface area contributed by atoms with Gasteiger partial charge in [-0.15, -0.1) is 0 Å². The molecule has 2 aromatic rings. The molecule has 0 aliphatic carbocycles. The van der Waals surface area contributed by atoms with E-state index in [1.54, 1.807) is 6.07 Å². The molecule has 0 N–H and O–H groups in total. The maximum absolute atomic E-state index is 13.9. The standard InChI is InChI=1S/C24H28F2N2O2/c1-27-10-12-28(13-11-27)23(29)24(8-14-30-15-9-24)17-19-4-2-3-5-20(19)18-6-7-21(25)22(26)16-18/h2-7,16H,8-15,17H2,1H3. The SMILES string of the molecule is CN1CCN(C(=O)C2(Cc3ccccc3-c3ccc(F)c(F)c3)CCOCC2)CC1. The first kappa shape index (κ1) is 20.9. The van der Waals surface area contributed by atoms with E-state index in [0.29, 0.717) is 38.0 Å². The Labute approximate surface area is 176 Å². The van der Waals surface area contributed by atoms with Crippen LogP contribution in [0.15, 0.2) is 42.5 Å². The third-order valence-corrected chi connectivity index (χ3v) is 6.47. The highest BCUT2D eigenvalue weighted by atomic mass is 19.2. The van der Waals surface area contributed by atoms with Gasteiger partial charge >= 0.3 is 0 Å². The van der Waals surface area contributed by atoms with Crippen LogP contribution in [0.25, 0.3) is 11.1 Å². The van der Waals surface area contributed by atoms with Crippen molar-refractivity contribution in [2.24, 2.45) is 5.41 Å². The predicted octanol–water partition coefficient (Wildman–Crippen LogP) is 3.75. The van der Waals surface area contributed by atoms with Gasteiger partial charge in [0.05, 0.1) is 5.41 Å². The fraction of sp³-hybridized carbons (Fsp3) is 0.458. The van der Waals surface area contributed by atoms with Crippen LogP contribution >= 0.6 is 0 Å². The van der Waals surface area contributed by atoms with Crippen molar-refractivity contribution in [2.45, 2.75) is 19.3 Å². The Morgan fingerprint density at radius 1 is 1.00 bits per heavy atom. The third-order valence-electron chi connectivity index (χ3n) is 6.47. The summed E-state index contributed by atoms with van der Waals surface area (Å²) in [5, 5.41) is 0. The molecule has 160 valence electrons. The number of carbonyl (C=O) groups is 1. The van der Waals surface area contributed by atoms with Crippen LogP contribution in [0.4, 0.5) is 8.78 Å². The second-order valence-corrected chi connectivity index (χ2v) is 8.45. The molecule has 30 heavy (non-hydrogen) atoms. The normalized spacial score (nSPS) is 19.6. The Balaban J connectivity index is 1.66. The minimum atomic E-state index is -0.864. The number of nitrogens with zero attached hydrogens (tertiary/aromatic N) is 2. The lowest BCUT2D eigenvalue weighted by Gasteiger charge is -2.42. The van der Waals surface area contributed by atoms with E-state index in [2.05, 4.69) is 11.9 Å². The van der Waals surface area contributed by atoms with Gasteiger partial charge in [-0.3, -0.25) is 4.79 Å². The minimum Gasteiger partial charge on any atom is -0.381 e. The van der Waals surface area contributed by atoms with Gasteiger partial charge in [-0.05, 0) is 55.1 Å². The Morgan fingerprint density at radius 3 is 2.40 bits per heavy atom. The summed E-state index contributed by atoms with van der Waals surface area (Å²) in [4.78, 5) is 17.9. The topological polar surface area (TPSA) is 32.8 Å². The van der Waals surface area contributed by atoms with Gasteiger partial charge in [-0.2, -0.15) is 0 Å². The maximum atomic E-state index is 13.9. The number of halogens is 2. The Kier molecular flexibility index (Phi) is 6.16. The molecule has 2 fully saturated rings. The van der Waals surface area contributed by atoms with Crippen LogP contribution in [0, 0.1) is 17.0 Å². The molecule has 0 unspecified atom stereocenters. The van der Waals surface area contributed by atoms with E-state index in [1.807, 2.05) is 29.2 Å². The first-order valence-electron chi connectivity index (χ1n) is 10.6. The van der Waals surface area contributed by atoms with E-state index in [0.717, 1.165) is 43.4 Å². The molecule has 0 radical (unpaired) electrons. The second kappa shape index (κ2) is 8.82.